The minimum atomic E-state index is -0.973. The van der Waals surface area contributed by atoms with Crippen molar-refractivity contribution in [3.8, 4) is 5.75 Å². The number of benzene rings is 2. The zero-order valence-electron chi connectivity index (χ0n) is 16.2. The van der Waals surface area contributed by atoms with Crippen LogP contribution in [-0.4, -0.2) is 39.6 Å². The number of ether oxygens (including phenoxy) is 1. The molecule has 3 rings (SSSR count). The van der Waals surface area contributed by atoms with Crippen LogP contribution < -0.4 is 10.1 Å². The smallest absolute Gasteiger partial charge is 0.346 e. The molecule has 1 atom stereocenters. The molecule has 1 fully saturated rings. The first-order chi connectivity index (χ1) is 14.2. The molecule has 1 unspecified atom stereocenters. The first-order valence-electron chi connectivity index (χ1n) is 9.01. The molecular weight excluding hydrogens is 392 g/mol. The Labute approximate surface area is 171 Å². The number of non-ortho nitro benzene ring substituents is 1. The highest BCUT2D eigenvalue weighted by Crippen LogP contribution is 2.21. The number of rotatable bonds is 6. The fourth-order valence-corrected chi connectivity index (χ4v) is 2.67. The maximum absolute atomic E-state index is 12.3. The second kappa shape index (κ2) is 8.11. The van der Waals surface area contributed by atoms with E-state index in [4.69, 9.17) is 4.74 Å². The Kier molecular flexibility index (Phi) is 5.58. The number of nitrogens with one attached hydrogen (secondary N) is 1. The van der Waals surface area contributed by atoms with Crippen molar-refractivity contribution in [2.24, 2.45) is 5.10 Å². The van der Waals surface area contributed by atoms with E-state index in [2.05, 4.69) is 10.4 Å². The summed E-state index contributed by atoms with van der Waals surface area (Å²) >= 11 is 0. The molecule has 1 saturated heterocycles. The normalized spacial score (nSPS) is 18.5. The van der Waals surface area contributed by atoms with Crippen molar-refractivity contribution in [3.05, 3.63) is 69.8 Å². The minimum absolute atomic E-state index is 0.0485. The topological polar surface area (TPSA) is 131 Å². The van der Waals surface area contributed by atoms with Gasteiger partial charge in [-0.05, 0) is 49.2 Å². The Morgan fingerprint density at radius 1 is 1.27 bits per heavy atom. The minimum Gasteiger partial charge on any atom is -0.423 e. The number of carbonyl (C=O) groups is 3. The van der Waals surface area contributed by atoms with E-state index in [1.165, 1.54) is 36.5 Å². The lowest BCUT2D eigenvalue weighted by Gasteiger charge is -2.17. The number of esters is 1. The van der Waals surface area contributed by atoms with Crippen LogP contribution in [0.2, 0.25) is 0 Å². The summed E-state index contributed by atoms with van der Waals surface area (Å²) in [6, 6.07) is 10.8. The maximum Gasteiger partial charge on any atom is 0.346 e. The van der Waals surface area contributed by atoms with Crippen molar-refractivity contribution in [2.45, 2.75) is 25.8 Å². The first kappa shape index (κ1) is 20.6. The van der Waals surface area contributed by atoms with Gasteiger partial charge in [-0.15, -0.1) is 5.01 Å². The number of nitro groups is 1. The Balaban J connectivity index is 1.67. The summed E-state index contributed by atoms with van der Waals surface area (Å²) in [6.07, 6.45) is 1.78. The van der Waals surface area contributed by atoms with Crippen LogP contribution >= 0.6 is 0 Å². The molecule has 1 aliphatic heterocycles. The molecule has 0 aliphatic carbocycles. The van der Waals surface area contributed by atoms with E-state index in [1.54, 1.807) is 26.0 Å². The van der Waals surface area contributed by atoms with Crippen LogP contribution in [0.5, 0.6) is 5.75 Å². The number of urea groups is 1. The summed E-state index contributed by atoms with van der Waals surface area (Å²) in [7, 11) is 0. The molecule has 3 amide bonds. The maximum atomic E-state index is 12.3. The van der Waals surface area contributed by atoms with Gasteiger partial charge in [-0.3, -0.25) is 14.9 Å². The van der Waals surface area contributed by atoms with E-state index in [-0.39, 0.29) is 17.0 Å². The lowest BCUT2D eigenvalue weighted by Crippen LogP contribution is -2.42. The number of hydrazone groups is 1. The molecule has 0 aromatic heterocycles. The lowest BCUT2D eigenvalue weighted by molar-refractivity contribution is -0.384. The standard InChI is InChI=1S/C20H18N4O6/c1-3-20(2)18(26)23(19(27)22-20)21-12-13-7-9-16(10-8-13)30-17(25)14-5-4-6-15(11-14)24(28)29/h4-12H,3H2,1-2H3,(H,22,27). The van der Waals surface area contributed by atoms with E-state index in [9.17, 15) is 24.5 Å². The third-order valence-electron chi connectivity index (χ3n) is 4.65. The summed E-state index contributed by atoms with van der Waals surface area (Å²) in [5.74, 6) is -0.954. The highest BCUT2D eigenvalue weighted by atomic mass is 16.6. The van der Waals surface area contributed by atoms with E-state index >= 15 is 0 Å². The molecule has 10 nitrogen and oxygen atoms in total. The number of hydrogen-bond donors (Lipinski definition) is 1. The lowest BCUT2D eigenvalue weighted by atomic mass is 10.00. The molecule has 30 heavy (non-hydrogen) atoms. The number of carbonyl (C=O) groups excluding carboxylic acids is 3. The SMILES string of the molecule is CCC1(C)NC(=O)N(N=Cc2ccc(OC(=O)c3cccc([N+](=O)[O-])c3)cc2)C1=O. The van der Waals surface area contributed by atoms with Crippen LogP contribution in [0.15, 0.2) is 53.6 Å². The van der Waals surface area contributed by atoms with Gasteiger partial charge in [-0.1, -0.05) is 13.0 Å². The molecule has 1 N–H and O–H groups in total. The zero-order valence-corrected chi connectivity index (χ0v) is 16.2. The molecule has 2 aromatic rings. The number of nitro benzene ring substituents is 1. The fourth-order valence-electron chi connectivity index (χ4n) is 2.67. The van der Waals surface area contributed by atoms with Crippen LogP contribution in [0, 0.1) is 10.1 Å². The summed E-state index contributed by atoms with van der Waals surface area (Å²) in [5, 5.41) is 18.1. The fraction of sp³-hybridized carbons (Fsp3) is 0.200. The van der Waals surface area contributed by atoms with Crippen molar-refractivity contribution in [3.63, 3.8) is 0 Å². The second-order valence-electron chi connectivity index (χ2n) is 6.74. The number of amides is 3. The second-order valence-corrected chi connectivity index (χ2v) is 6.74. The number of hydrogen-bond acceptors (Lipinski definition) is 7. The van der Waals surface area contributed by atoms with E-state index in [0.29, 0.717) is 12.0 Å². The quantitative estimate of drug-likeness (QED) is 0.195. The van der Waals surface area contributed by atoms with Crippen molar-refractivity contribution < 1.29 is 24.0 Å². The molecule has 0 bridgehead atoms. The molecular formula is C20H18N4O6. The molecule has 0 spiro atoms. The third kappa shape index (κ3) is 4.17. The average molecular weight is 410 g/mol. The van der Waals surface area contributed by atoms with Gasteiger partial charge < -0.3 is 10.1 Å². The molecule has 0 radical (unpaired) electrons. The molecule has 154 valence electrons. The van der Waals surface area contributed by atoms with Crippen LogP contribution in [-0.2, 0) is 4.79 Å². The Morgan fingerprint density at radius 2 is 1.97 bits per heavy atom. The van der Waals surface area contributed by atoms with Crippen LogP contribution in [0.1, 0.15) is 36.2 Å². The van der Waals surface area contributed by atoms with Crippen molar-refractivity contribution in [1.82, 2.24) is 10.3 Å². The molecule has 2 aromatic carbocycles. The Morgan fingerprint density at radius 3 is 2.57 bits per heavy atom. The van der Waals surface area contributed by atoms with Gasteiger partial charge in [0.25, 0.3) is 11.6 Å². The van der Waals surface area contributed by atoms with Gasteiger partial charge in [-0.25, -0.2) is 9.59 Å². The van der Waals surface area contributed by atoms with Gasteiger partial charge in [-0.2, -0.15) is 5.10 Å². The predicted molar refractivity (Wildman–Crippen MR) is 106 cm³/mol. The summed E-state index contributed by atoms with van der Waals surface area (Å²) in [6.45, 7) is 3.42. The highest BCUT2D eigenvalue weighted by Gasteiger charge is 2.46. The summed E-state index contributed by atoms with van der Waals surface area (Å²) in [4.78, 5) is 46.6. The highest BCUT2D eigenvalue weighted by molar-refractivity contribution is 6.07. The number of nitrogens with zero attached hydrogens (tertiary/aromatic N) is 3. The molecule has 1 heterocycles. The van der Waals surface area contributed by atoms with Gasteiger partial charge >= 0.3 is 12.0 Å². The molecule has 0 saturated carbocycles. The van der Waals surface area contributed by atoms with E-state index < -0.39 is 28.4 Å². The molecule has 10 heteroatoms. The summed E-state index contributed by atoms with van der Waals surface area (Å²) in [5.41, 5.74) is -0.571. The van der Waals surface area contributed by atoms with Crippen LogP contribution in [0.25, 0.3) is 0 Å². The predicted octanol–water partition coefficient (Wildman–Crippen LogP) is 2.87. The van der Waals surface area contributed by atoms with E-state index in [1.807, 2.05) is 0 Å². The molecule has 1 aliphatic rings. The van der Waals surface area contributed by atoms with Gasteiger partial charge in [0.15, 0.2) is 0 Å². The monoisotopic (exact) mass is 410 g/mol. The van der Waals surface area contributed by atoms with E-state index in [0.717, 1.165) is 11.1 Å². The Bertz CT molecular complexity index is 1050. The van der Waals surface area contributed by atoms with Crippen molar-refractivity contribution in [1.29, 1.82) is 0 Å². The Hall–Kier alpha value is -4.08. The van der Waals surface area contributed by atoms with Gasteiger partial charge in [0.05, 0.1) is 16.7 Å². The largest absolute Gasteiger partial charge is 0.423 e. The van der Waals surface area contributed by atoms with Crippen LogP contribution in [0.4, 0.5) is 10.5 Å². The average Bonchev–Trinajstić information content (AvgIpc) is 2.96. The van der Waals surface area contributed by atoms with Gasteiger partial charge in [0.1, 0.15) is 11.3 Å². The zero-order chi connectivity index (χ0) is 21.9. The van der Waals surface area contributed by atoms with Gasteiger partial charge in [0.2, 0.25) is 0 Å². The third-order valence-corrected chi connectivity index (χ3v) is 4.65. The number of imide groups is 1. The van der Waals surface area contributed by atoms with Crippen molar-refractivity contribution in [2.75, 3.05) is 0 Å². The van der Waals surface area contributed by atoms with Gasteiger partial charge in [0, 0.05) is 12.1 Å². The first-order valence-corrected chi connectivity index (χ1v) is 9.01. The van der Waals surface area contributed by atoms with Crippen LogP contribution in [0.3, 0.4) is 0 Å². The van der Waals surface area contributed by atoms with Crippen molar-refractivity contribution >= 4 is 29.8 Å². The summed E-state index contributed by atoms with van der Waals surface area (Å²) < 4.78 is 5.21.